The second-order valence-corrected chi connectivity index (χ2v) is 4.67. The van der Waals surface area contributed by atoms with Gasteiger partial charge in [0.1, 0.15) is 5.82 Å². The van der Waals surface area contributed by atoms with E-state index in [1.807, 2.05) is 0 Å². The van der Waals surface area contributed by atoms with Crippen molar-refractivity contribution in [3.8, 4) is 0 Å². The Hall–Kier alpha value is -2.40. The van der Waals surface area contributed by atoms with E-state index in [0.29, 0.717) is 10.7 Å². The lowest BCUT2D eigenvalue weighted by molar-refractivity contribution is -0.131. The van der Waals surface area contributed by atoms with Crippen LogP contribution in [0, 0.1) is 12.7 Å². The Morgan fingerprint density at radius 2 is 2.27 bits per heavy atom. The lowest BCUT2D eigenvalue weighted by Crippen LogP contribution is -2.14. The SMILES string of the molecule is C=C/N=C/C=C\C(=C\C(=O)O)NCc1c(F)ccc(C)c1Cl. The maximum Gasteiger partial charge on any atom is 0.330 e. The third kappa shape index (κ3) is 5.54. The van der Waals surface area contributed by atoms with E-state index in [1.165, 1.54) is 30.6 Å². The molecule has 0 fully saturated rings. The van der Waals surface area contributed by atoms with Gasteiger partial charge in [0.2, 0.25) is 0 Å². The standard InChI is InChI=1S/C16H16ClFN2O2/c1-3-19-8-4-5-12(9-15(21)22)20-10-13-14(18)7-6-11(2)16(13)17/h3-9,20H,1,10H2,2H3,(H,21,22)/b5-4-,12-9-,19-8+. The summed E-state index contributed by atoms with van der Waals surface area (Å²) in [5.41, 5.74) is 1.32. The van der Waals surface area contributed by atoms with Gasteiger partial charge in [-0.3, -0.25) is 4.99 Å². The molecule has 0 atom stereocenters. The molecule has 0 unspecified atom stereocenters. The highest BCUT2D eigenvalue weighted by atomic mass is 35.5. The summed E-state index contributed by atoms with van der Waals surface area (Å²) in [6.45, 7) is 5.25. The number of hydrogen-bond donors (Lipinski definition) is 2. The quantitative estimate of drug-likeness (QED) is 0.458. The zero-order valence-corrected chi connectivity index (χ0v) is 12.8. The first-order chi connectivity index (χ1) is 10.5. The molecule has 0 amide bonds. The Balaban J connectivity index is 2.91. The van der Waals surface area contributed by atoms with Crippen LogP contribution in [0.4, 0.5) is 4.39 Å². The second kappa shape index (κ2) is 8.79. The Morgan fingerprint density at radius 3 is 2.91 bits per heavy atom. The Kier molecular flexibility index (Phi) is 7.05. The summed E-state index contributed by atoms with van der Waals surface area (Å²) >= 11 is 6.07. The fourth-order valence-electron chi connectivity index (χ4n) is 1.62. The maximum absolute atomic E-state index is 13.8. The first kappa shape index (κ1) is 17.7. The van der Waals surface area contributed by atoms with Gasteiger partial charge in [-0.2, -0.15) is 0 Å². The van der Waals surface area contributed by atoms with Crippen LogP contribution in [0.2, 0.25) is 5.02 Å². The predicted molar refractivity (Wildman–Crippen MR) is 86.5 cm³/mol. The molecule has 0 aliphatic carbocycles. The van der Waals surface area contributed by atoms with Crippen molar-refractivity contribution in [1.29, 1.82) is 0 Å². The average molecular weight is 323 g/mol. The smallest absolute Gasteiger partial charge is 0.330 e. The largest absolute Gasteiger partial charge is 0.478 e. The number of carboxylic acid groups (broad SMARTS) is 1. The van der Waals surface area contributed by atoms with Gasteiger partial charge in [0, 0.05) is 36.3 Å². The number of aliphatic imine (C=N–C) groups is 1. The Labute approximate surface area is 133 Å². The zero-order chi connectivity index (χ0) is 16.5. The molecule has 0 aromatic heterocycles. The van der Waals surface area contributed by atoms with Gasteiger partial charge >= 0.3 is 5.97 Å². The molecular formula is C16H16ClFN2O2. The molecule has 1 aromatic rings. The van der Waals surface area contributed by atoms with Crippen LogP contribution in [0.1, 0.15) is 11.1 Å². The summed E-state index contributed by atoms with van der Waals surface area (Å²) in [7, 11) is 0. The summed E-state index contributed by atoms with van der Waals surface area (Å²) in [6.07, 6.45) is 6.81. The number of nitrogens with one attached hydrogen (secondary N) is 1. The first-order valence-electron chi connectivity index (χ1n) is 6.38. The minimum Gasteiger partial charge on any atom is -0.478 e. The van der Waals surface area contributed by atoms with Crippen LogP contribution in [-0.2, 0) is 11.3 Å². The van der Waals surface area contributed by atoms with Gasteiger partial charge < -0.3 is 10.4 Å². The minimum atomic E-state index is -1.12. The number of benzene rings is 1. The Morgan fingerprint density at radius 1 is 1.55 bits per heavy atom. The van der Waals surface area contributed by atoms with E-state index in [1.54, 1.807) is 13.0 Å². The van der Waals surface area contributed by atoms with E-state index in [4.69, 9.17) is 16.7 Å². The molecule has 0 saturated carbocycles. The summed E-state index contributed by atoms with van der Waals surface area (Å²) in [6, 6.07) is 2.91. The predicted octanol–water partition coefficient (Wildman–Crippen LogP) is 3.62. The van der Waals surface area contributed by atoms with Crippen molar-refractivity contribution in [1.82, 2.24) is 5.32 Å². The summed E-state index contributed by atoms with van der Waals surface area (Å²) in [5, 5.41) is 12.0. The van der Waals surface area contributed by atoms with Crippen LogP contribution < -0.4 is 5.32 Å². The lowest BCUT2D eigenvalue weighted by Gasteiger charge is -2.11. The summed E-state index contributed by atoms with van der Waals surface area (Å²) < 4.78 is 13.8. The van der Waals surface area contributed by atoms with E-state index < -0.39 is 11.8 Å². The second-order valence-electron chi connectivity index (χ2n) is 4.29. The Bertz CT molecular complexity index is 652. The van der Waals surface area contributed by atoms with Crippen LogP contribution in [0.25, 0.3) is 0 Å². The molecule has 2 N–H and O–H groups in total. The number of nitrogens with zero attached hydrogens (tertiary/aromatic N) is 1. The van der Waals surface area contributed by atoms with Crippen LogP contribution in [0.5, 0.6) is 0 Å². The summed E-state index contributed by atoms with van der Waals surface area (Å²) in [4.78, 5) is 14.5. The monoisotopic (exact) mass is 322 g/mol. The first-order valence-corrected chi connectivity index (χ1v) is 6.76. The topological polar surface area (TPSA) is 61.7 Å². The van der Waals surface area contributed by atoms with Crippen molar-refractivity contribution < 1.29 is 14.3 Å². The number of hydrogen-bond acceptors (Lipinski definition) is 3. The van der Waals surface area contributed by atoms with Crippen molar-refractivity contribution in [3.05, 3.63) is 70.8 Å². The molecule has 0 aliphatic heterocycles. The number of allylic oxidation sites excluding steroid dienone is 2. The van der Waals surface area contributed by atoms with Crippen LogP contribution in [0.3, 0.4) is 0 Å². The highest BCUT2D eigenvalue weighted by Gasteiger charge is 2.09. The molecule has 1 rings (SSSR count). The normalized spacial score (nSPS) is 12.0. The van der Waals surface area contributed by atoms with Gasteiger partial charge in [0.15, 0.2) is 0 Å². The molecule has 0 spiro atoms. The van der Waals surface area contributed by atoms with E-state index >= 15 is 0 Å². The van der Waals surface area contributed by atoms with Crippen LogP contribution in [0.15, 0.2) is 53.8 Å². The zero-order valence-electron chi connectivity index (χ0n) is 12.0. The van der Waals surface area contributed by atoms with Gasteiger partial charge in [0.25, 0.3) is 0 Å². The van der Waals surface area contributed by atoms with E-state index in [-0.39, 0.29) is 12.1 Å². The molecule has 1 aromatic carbocycles. The fraction of sp³-hybridized carbons (Fsp3) is 0.125. The number of carbonyl (C=O) groups is 1. The van der Waals surface area contributed by atoms with Gasteiger partial charge in [0.05, 0.1) is 5.02 Å². The molecule has 116 valence electrons. The summed E-state index contributed by atoms with van der Waals surface area (Å²) in [5.74, 6) is -1.57. The molecular weight excluding hydrogens is 307 g/mol. The minimum absolute atomic E-state index is 0.0639. The van der Waals surface area contributed by atoms with Gasteiger partial charge in [-0.25, -0.2) is 9.18 Å². The van der Waals surface area contributed by atoms with E-state index in [9.17, 15) is 9.18 Å². The lowest BCUT2D eigenvalue weighted by atomic mass is 10.1. The van der Waals surface area contributed by atoms with Crippen LogP contribution in [-0.4, -0.2) is 17.3 Å². The average Bonchev–Trinajstić information content (AvgIpc) is 2.46. The molecule has 0 aliphatic rings. The number of rotatable bonds is 7. The van der Waals surface area contributed by atoms with Gasteiger partial charge in [-0.05, 0) is 30.7 Å². The van der Waals surface area contributed by atoms with Crippen molar-refractivity contribution in [3.63, 3.8) is 0 Å². The van der Waals surface area contributed by atoms with Crippen molar-refractivity contribution in [2.45, 2.75) is 13.5 Å². The number of halogens is 2. The molecule has 0 heterocycles. The molecule has 0 bridgehead atoms. The van der Waals surface area contributed by atoms with Crippen molar-refractivity contribution in [2.24, 2.45) is 4.99 Å². The number of aliphatic carboxylic acids is 1. The number of carboxylic acids is 1. The van der Waals surface area contributed by atoms with Crippen molar-refractivity contribution in [2.75, 3.05) is 0 Å². The number of aryl methyl sites for hydroxylation is 1. The molecule has 0 saturated heterocycles. The highest BCUT2D eigenvalue weighted by Crippen LogP contribution is 2.23. The molecule has 4 nitrogen and oxygen atoms in total. The van der Waals surface area contributed by atoms with E-state index in [2.05, 4.69) is 16.9 Å². The fourth-order valence-corrected chi connectivity index (χ4v) is 1.84. The van der Waals surface area contributed by atoms with Crippen LogP contribution >= 0.6 is 11.6 Å². The maximum atomic E-state index is 13.8. The van der Waals surface area contributed by atoms with Gasteiger partial charge in [-0.1, -0.05) is 24.2 Å². The molecule has 6 heteroatoms. The molecule has 0 radical (unpaired) electrons. The van der Waals surface area contributed by atoms with Gasteiger partial charge in [-0.15, -0.1) is 0 Å². The third-order valence-corrected chi connectivity index (χ3v) is 3.21. The van der Waals surface area contributed by atoms with E-state index in [0.717, 1.165) is 11.6 Å². The van der Waals surface area contributed by atoms with Crippen molar-refractivity contribution >= 4 is 23.8 Å². The highest BCUT2D eigenvalue weighted by molar-refractivity contribution is 6.32. The molecule has 22 heavy (non-hydrogen) atoms. The third-order valence-electron chi connectivity index (χ3n) is 2.68.